The fourth-order valence-electron chi connectivity index (χ4n) is 2.21. The molecule has 0 amide bonds. The number of allylic oxidation sites excluding steroid dienone is 2. The summed E-state index contributed by atoms with van der Waals surface area (Å²) < 4.78 is 75.7. The monoisotopic (exact) mass is 274 g/mol. The van der Waals surface area contributed by atoms with E-state index < -0.39 is 36.2 Å². The van der Waals surface area contributed by atoms with Crippen molar-refractivity contribution in [1.82, 2.24) is 0 Å². The van der Waals surface area contributed by atoms with E-state index in [1.807, 2.05) is 0 Å². The van der Waals surface area contributed by atoms with Crippen LogP contribution in [0, 0.1) is 17.8 Å². The molecule has 0 saturated carbocycles. The summed E-state index contributed by atoms with van der Waals surface area (Å²) in [5.41, 5.74) is -0.405. The fraction of sp³-hybridized carbons (Fsp3) is 0.833. The van der Waals surface area contributed by atoms with Gasteiger partial charge >= 0.3 is 6.18 Å². The molecule has 1 aliphatic rings. The molecule has 0 radical (unpaired) electrons. The molecule has 0 saturated heterocycles. The zero-order valence-corrected chi connectivity index (χ0v) is 10.1. The van der Waals surface area contributed by atoms with Crippen LogP contribution in [-0.2, 0) is 0 Å². The number of hydrogen-bond acceptors (Lipinski definition) is 0. The molecule has 0 bridgehead atoms. The van der Waals surface area contributed by atoms with Gasteiger partial charge in [-0.2, -0.15) is 13.2 Å². The van der Waals surface area contributed by atoms with Gasteiger partial charge in [-0.1, -0.05) is 19.9 Å². The molecular weight excluding hydrogens is 258 g/mol. The first kappa shape index (κ1) is 15.4. The molecule has 106 valence electrons. The van der Waals surface area contributed by atoms with Crippen molar-refractivity contribution in [2.24, 2.45) is 17.8 Å². The highest BCUT2D eigenvalue weighted by Gasteiger charge is 2.43. The Morgan fingerprint density at radius 3 is 2.11 bits per heavy atom. The lowest BCUT2D eigenvalue weighted by molar-refractivity contribution is -0.168. The maximum absolute atomic E-state index is 13.2. The molecule has 6 heteroatoms. The van der Waals surface area contributed by atoms with Crippen LogP contribution in [0.15, 0.2) is 11.6 Å². The van der Waals surface area contributed by atoms with E-state index in [1.165, 1.54) is 0 Å². The summed E-state index contributed by atoms with van der Waals surface area (Å²) in [5.74, 6) is -2.32. The molecule has 0 aromatic rings. The topological polar surface area (TPSA) is 0 Å². The van der Waals surface area contributed by atoms with Crippen LogP contribution in [0.2, 0.25) is 0 Å². The van der Waals surface area contributed by atoms with Gasteiger partial charge in [0.1, 0.15) is 0 Å². The van der Waals surface area contributed by atoms with E-state index in [-0.39, 0.29) is 18.8 Å². The van der Waals surface area contributed by atoms with Crippen LogP contribution < -0.4 is 0 Å². The summed E-state index contributed by atoms with van der Waals surface area (Å²) in [5, 5.41) is 0. The Morgan fingerprint density at radius 1 is 1.17 bits per heavy atom. The van der Waals surface area contributed by atoms with Crippen molar-refractivity contribution >= 4 is 0 Å². The molecular formula is C12H16F6. The molecule has 0 N–H and O–H groups in total. The van der Waals surface area contributed by atoms with E-state index in [0.717, 1.165) is 0 Å². The van der Waals surface area contributed by atoms with Gasteiger partial charge in [0.25, 0.3) is 6.43 Å². The summed E-state index contributed by atoms with van der Waals surface area (Å²) in [6.07, 6.45) is -9.88. The van der Waals surface area contributed by atoms with Gasteiger partial charge in [0, 0.05) is 0 Å². The average molecular weight is 274 g/mol. The molecule has 0 spiro atoms. The van der Waals surface area contributed by atoms with E-state index in [1.54, 1.807) is 13.8 Å². The van der Waals surface area contributed by atoms with Gasteiger partial charge in [0.05, 0.1) is 5.92 Å². The van der Waals surface area contributed by atoms with Crippen LogP contribution in [-0.4, -0.2) is 18.8 Å². The molecule has 1 rings (SSSR count). The van der Waals surface area contributed by atoms with Gasteiger partial charge in [-0.25, -0.2) is 13.2 Å². The van der Waals surface area contributed by atoms with Crippen LogP contribution >= 0.6 is 0 Å². The van der Waals surface area contributed by atoms with Crippen LogP contribution in [0.25, 0.3) is 0 Å². The SMILES string of the molecule is CC(C)C1CC(C(F)C(F)F)=CC(C(F)(F)F)C1. The van der Waals surface area contributed by atoms with Crippen LogP contribution in [0.5, 0.6) is 0 Å². The molecule has 0 aliphatic heterocycles. The average Bonchev–Trinajstić information content (AvgIpc) is 2.26. The smallest absolute Gasteiger partial charge is 0.236 e. The van der Waals surface area contributed by atoms with Crippen molar-refractivity contribution in [2.75, 3.05) is 0 Å². The zero-order valence-electron chi connectivity index (χ0n) is 10.1. The number of hydrogen-bond donors (Lipinski definition) is 0. The van der Waals surface area contributed by atoms with Crippen molar-refractivity contribution in [1.29, 1.82) is 0 Å². The Labute approximate surface area is 102 Å². The first-order chi connectivity index (χ1) is 8.12. The molecule has 0 heterocycles. The fourth-order valence-corrected chi connectivity index (χ4v) is 2.21. The van der Waals surface area contributed by atoms with Gasteiger partial charge in [-0.15, -0.1) is 0 Å². The molecule has 3 atom stereocenters. The maximum Gasteiger partial charge on any atom is 0.395 e. The molecule has 18 heavy (non-hydrogen) atoms. The highest BCUT2D eigenvalue weighted by Crippen LogP contribution is 2.42. The van der Waals surface area contributed by atoms with Crippen molar-refractivity contribution < 1.29 is 26.3 Å². The molecule has 3 unspecified atom stereocenters. The normalized spacial score (nSPS) is 27.6. The maximum atomic E-state index is 13.2. The van der Waals surface area contributed by atoms with Gasteiger partial charge in [0.2, 0.25) is 0 Å². The quantitative estimate of drug-likeness (QED) is 0.514. The van der Waals surface area contributed by atoms with E-state index in [4.69, 9.17) is 0 Å². The van der Waals surface area contributed by atoms with Gasteiger partial charge in [-0.3, -0.25) is 0 Å². The largest absolute Gasteiger partial charge is 0.395 e. The predicted molar refractivity (Wildman–Crippen MR) is 56.1 cm³/mol. The molecule has 1 aliphatic carbocycles. The Morgan fingerprint density at radius 2 is 1.72 bits per heavy atom. The van der Waals surface area contributed by atoms with Crippen LogP contribution in [0.3, 0.4) is 0 Å². The second-order valence-corrected chi connectivity index (χ2v) is 5.07. The predicted octanol–water partition coefficient (Wildman–Crippen LogP) is 4.76. The Bertz CT molecular complexity index is 304. The third-order valence-electron chi connectivity index (χ3n) is 3.41. The van der Waals surface area contributed by atoms with E-state index in [0.29, 0.717) is 6.08 Å². The van der Waals surface area contributed by atoms with E-state index in [2.05, 4.69) is 0 Å². The lowest BCUT2D eigenvalue weighted by Gasteiger charge is -2.33. The van der Waals surface area contributed by atoms with Gasteiger partial charge in [0.15, 0.2) is 6.17 Å². The third-order valence-corrected chi connectivity index (χ3v) is 3.41. The number of halogens is 6. The molecule has 0 nitrogen and oxygen atoms in total. The number of alkyl halides is 6. The lowest BCUT2D eigenvalue weighted by Crippen LogP contribution is -2.32. The molecule has 0 aromatic heterocycles. The first-order valence-electron chi connectivity index (χ1n) is 5.82. The minimum atomic E-state index is -4.50. The van der Waals surface area contributed by atoms with Crippen molar-refractivity contribution in [3.05, 3.63) is 11.6 Å². The standard InChI is InChI=1S/C12H16F6/c1-6(2)7-3-8(10(13)11(14)15)5-9(4-7)12(16,17)18/h5-7,9-11H,3-4H2,1-2H3. The van der Waals surface area contributed by atoms with Gasteiger partial charge < -0.3 is 0 Å². The first-order valence-corrected chi connectivity index (χ1v) is 5.82. The highest BCUT2D eigenvalue weighted by atomic mass is 19.4. The summed E-state index contributed by atoms with van der Waals surface area (Å²) in [4.78, 5) is 0. The number of rotatable bonds is 3. The van der Waals surface area contributed by atoms with E-state index >= 15 is 0 Å². The van der Waals surface area contributed by atoms with Gasteiger partial charge in [-0.05, 0) is 30.3 Å². The van der Waals surface area contributed by atoms with E-state index in [9.17, 15) is 26.3 Å². The minimum absolute atomic E-state index is 0.0181. The van der Waals surface area contributed by atoms with Crippen LogP contribution in [0.1, 0.15) is 26.7 Å². The molecule has 0 fully saturated rings. The summed E-state index contributed by atoms with van der Waals surface area (Å²) in [7, 11) is 0. The summed E-state index contributed by atoms with van der Waals surface area (Å²) in [6.45, 7) is 3.44. The van der Waals surface area contributed by atoms with Crippen molar-refractivity contribution in [3.63, 3.8) is 0 Å². The van der Waals surface area contributed by atoms with Crippen LogP contribution in [0.4, 0.5) is 26.3 Å². The summed E-state index contributed by atoms with van der Waals surface area (Å²) >= 11 is 0. The Balaban J connectivity index is 2.97. The second-order valence-electron chi connectivity index (χ2n) is 5.07. The second kappa shape index (κ2) is 5.53. The van der Waals surface area contributed by atoms with Crippen molar-refractivity contribution in [2.45, 2.75) is 45.5 Å². The Kier molecular flexibility index (Phi) is 4.72. The zero-order chi connectivity index (χ0) is 14.1. The summed E-state index contributed by atoms with van der Waals surface area (Å²) in [6, 6.07) is 0. The van der Waals surface area contributed by atoms with Crippen molar-refractivity contribution in [3.8, 4) is 0 Å². The highest BCUT2D eigenvalue weighted by molar-refractivity contribution is 5.16. The minimum Gasteiger partial charge on any atom is -0.236 e. The Hall–Kier alpha value is -0.680. The molecule has 0 aromatic carbocycles. The third kappa shape index (κ3) is 3.65. The lowest BCUT2D eigenvalue weighted by atomic mass is 9.75.